The number of aliphatic carboxylic acids is 1. The second-order valence-corrected chi connectivity index (χ2v) is 7.90. The molecule has 0 unspecified atom stereocenters. The highest BCUT2D eigenvalue weighted by Gasteiger charge is 2.58. The Bertz CT molecular complexity index is 1130. The number of carboxylic acid groups (broad SMARTS) is 1. The number of aromatic nitrogens is 4. The zero-order chi connectivity index (χ0) is 25.1. The van der Waals surface area contributed by atoms with Gasteiger partial charge < -0.3 is 14.6 Å². The van der Waals surface area contributed by atoms with E-state index in [1.165, 1.54) is 13.8 Å². The molecule has 182 valence electrons. The third kappa shape index (κ3) is 5.77. The summed E-state index contributed by atoms with van der Waals surface area (Å²) in [7, 11) is 0. The summed E-state index contributed by atoms with van der Waals surface area (Å²) in [4.78, 5) is 19.1. The van der Waals surface area contributed by atoms with Crippen molar-refractivity contribution in [1.82, 2.24) is 20.2 Å². The van der Waals surface area contributed by atoms with E-state index in [9.17, 15) is 26.7 Å². The number of carboxylic acids is 1. The molecule has 0 radical (unpaired) electrons. The Morgan fingerprint density at radius 1 is 0.941 bits per heavy atom. The molecule has 0 saturated heterocycles. The number of benzene rings is 1. The van der Waals surface area contributed by atoms with Gasteiger partial charge in [0.05, 0.1) is 5.41 Å². The maximum Gasteiger partial charge on any atom is 0.456 e. The molecule has 2 aromatic heterocycles. The lowest BCUT2D eigenvalue weighted by molar-refractivity contribution is -0.290. The number of aromatic amines is 1. The van der Waals surface area contributed by atoms with Crippen molar-refractivity contribution in [3.8, 4) is 34.4 Å². The van der Waals surface area contributed by atoms with Crippen LogP contribution < -0.4 is 9.47 Å². The number of hydrogen-bond donors (Lipinski definition) is 2. The van der Waals surface area contributed by atoms with Crippen LogP contribution in [0.2, 0.25) is 0 Å². The van der Waals surface area contributed by atoms with Crippen LogP contribution in [-0.4, -0.2) is 56.6 Å². The van der Waals surface area contributed by atoms with Crippen LogP contribution in [-0.2, 0) is 4.79 Å². The summed E-state index contributed by atoms with van der Waals surface area (Å²) in [5.74, 6) is -5.65. The van der Waals surface area contributed by atoms with E-state index in [4.69, 9.17) is 9.84 Å². The topological polar surface area (TPSA) is 110 Å². The Morgan fingerprint density at radius 3 is 2.12 bits per heavy atom. The molecule has 34 heavy (non-hydrogen) atoms. The molecule has 0 aliphatic heterocycles. The van der Waals surface area contributed by atoms with E-state index in [2.05, 4.69) is 24.9 Å². The van der Waals surface area contributed by atoms with Gasteiger partial charge in [0, 0.05) is 23.4 Å². The van der Waals surface area contributed by atoms with Crippen LogP contribution in [0.15, 0.2) is 42.6 Å². The second kappa shape index (κ2) is 9.23. The normalized spacial score (nSPS) is 12.4. The summed E-state index contributed by atoms with van der Waals surface area (Å²) in [6.07, 6.45) is -4.20. The average molecular weight is 486 g/mol. The molecule has 0 aliphatic rings. The number of nitrogens with one attached hydrogen (secondary N) is 1. The maximum absolute atomic E-state index is 13.0. The Labute approximate surface area is 189 Å². The maximum atomic E-state index is 13.0. The summed E-state index contributed by atoms with van der Waals surface area (Å²) in [5, 5.41) is 15.0. The van der Waals surface area contributed by atoms with E-state index in [0.717, 1.165) is 11.1 Å². The van der Waals surface area contributed by atoms with Crippen LogP contribution in [0, 0.1) is 5.41 Å². The van der Waals surface area contributed by atoms with Crippen molar-refractivity contribution in [1.29, 1.82) is 0 Å². The van der Waals surface area contributed by atoms with Crippen molar-refractivity contribution in [2.24, 2.45) is 5.41 Å². The molecule has 0 aliphatic carbocycles. The summed E-state index contributed by atoms with van der Waals surface area (Å²) < 4.78 is 72.3. The molecule has 0 bridgehead atoms. The third-order valence-electron chi connectivity index (χ3n) is 4.65. The van der Waals surface area contributed by atoms with Crippen molar-refractivity contribution in [2.75, 3.05) is 13.2 Å². The van der Waals surface area contributed by atoms with E-state index in [0.29, 0.717) is 5.56 Å². The summed E-state index contributed by atoms with van der Waals surface area (Å²) in [6, 6.07) is 9.36. The quantitative estimate of drug-likeness (QED) is 0.426. The fourth-order valence-corrected chi connectivity index (χ4v) is 2.45. The van der Waals surface area contributed by atoms with Gasteiger partial charge >= 0.3 is 24.1 Å². The number of H-pyrrole nitrogens is 1. The summed E-state index contributed by atoms with van der Waals surface area (Å²) in [5.41, 5.74) is 0.903. The van der Waals surface area contributed by atoms with Crippen molar-refractivity contribution in [3.63, 3.8) is 0 Å². The van der Waals surface area contributed by atoms with Gasteiger partial charge in [0.15, 0.2) is 12.4 Å². The second-order valence-electron chi connectivity index (χ2n) is 7.90. The SMILES string of the molecule is CC(C)(COc1ccc(-c2ccc(-c3nc(OCC(F)(F)C(F)(F)F)n[nH]3)cc2)cn1)C(=O)O. The largest absolute Gasteiger partial charge is 0.481 e. The molecule has 0 spiro atoms. The van der Waals surface area contributed by atoms with Gasteiger partial charge in [-0.25, -0.2) is 4.98 Å². The molecular weight excluding hydrogens is 467 g/mol. The molecule has 0 saturated carbocycles. The van der Waals surface area contributed by atoms with Gasteiger partial charge in [0.2, 0.25) is 5.88 Å². The van der Waals surface area contributed by atoms with Gasteiger partial charge in [0.25, 0.3) is 0 Å². The zero-order valence-corrected chi connectivity index (χ0v) is 17.9. The lowest BCUT2D eigenvalue weighted by Crippen LogP contribution is -2.41. The van der Waals surface area contributed by atoms with E-state index >= 15 is 0 Å². The summed E-state index contributed by atoms with van der Waals surface area (Å²) in [6.45, 7) is 1.08. The van der Waals surface area contributed by atoms with Gasteiger partial charge in [-0.05, 0) is 25.5 Å². The number of hydrogen-bond acceptors (Lipinski definition) is 6. The molecule has 0 atom stereocenters. The van der Waals surface area contributed by atoms with E-state index in [-0.39, 0.29) is 18.3 Å². The van der Waals surface area contributed by atoms with Gasteiger partial charge in [-0.1, -0.05) is 24.3 Å². The van der Waals surface area contributed by atoms with Gasteiger partial charge in [-0.3, -0.25) is 9.89 Å². The van der Waals surface area contributed by atoms with Crippen LogP contribution in [0.25, 0.3) is 22.5 Å². The molecule has 2 N–H and O–H groups in total. The number of ether oxygens (including phenoxy) is 2. The van der Waals surface area contributed by atoms with E-state index in [1.807, 2.05) is 0 Å². The fraction of sp³-hybridized carbons (Fsp3) is 0.333. The van der Waals surface area contributed by atoms with Crippen molar-refractivity contribution in [3.05, 3.63) is 42.6 Å². The first-order valence-electron chi connectivity index (χ1n) is 9.71. The Hall–Kier alpha value is -3.77. The van der Waals surface area contributed by atoms with Crippen LogP contribution in [0.5, 0.6) is 11.9 Å². The highest BCUT2D eigenvalue weighted by atomic mass is 19.4. The minimum Gasteiger partial charge on any atom is -0.481 e. The minimum atomic E-state index is -5.74. The number of alkyl halides is 5. The number of carbonyl (C=O) groups is 1. The van der Waals surface area contributed by atoms with Crippen LogP contribution >= 0.6 is 0 Å². The summed E-state index contributed by atoms with van der Waals surface area (Å²) >= 11 is 0. The number of nitrogens with zero attached hydrogens (tertiary/aromatic N) is 3. The number of rotatable bonds is 9. The lowest BCUT2D eigenvalue weighted by Gasteiger charge is -2.18. The average Bonchev–Trinajstić information content (AvgIpc) is 3.25. The molecule has 1 aromatic carbocycles. The first kappa shape index (κ1) is 24.9. The zero-order valence-electron chi connectivity index (χ0n) is 17.9. The first-order valence-corrected chi connectivity index (χ1v) is 9.71. The number of pyridine rings is 1. The molecule has 2 heterocycles. The molecule has 0 amide bonds. The molecule has 0 fully saturated rings. The third-order valence-corrected chi connectivity index (χ3v) is 4.65. The molecular formula is C21H19F5N4O4. The van der Waals surface area contributed by atoms with E-state index in [1.54, 1.807) is 42.6 Å². The Kier molecular flexibility index (Phi) is 6.75. The predicted molar refractivity (Wildman–Crippen MR) is 108 cm³/mol. The monoisotopic (exact) mass is 486 g/mol. The van der Waals surface area contributed by atoms with E-state index < -0.39 is 36.1 Å². The Balaban J connectivity index is 1.63. The van der Waals surface area contributed by atoms with Gasteiger partial charge in [-0.2, -0.15) is 26.9 Å². The fourth-order valence-electron chi connectivity index (χ4n) is 2.45. The number of halogens is 5. The Morgan fingerprint density at radius 2 is 1.56 bits per heavy atom. The van der Waals surface area contributed by atoms with Crippen LogP contribution in [0.4, 0.5) is 22.0 Å². The van der Waals surface area contributed by atoms with Gasteiger partial charge in [0.1, 0.15) is 6.61 Å². The van der Waals surface area contributed by atoms with Crippen molar-refractivity contribution < 1.29 is 41.3 Å². The van der Waals surface area contributed by atoms with Crippen molar-refractivity contribution >= 4 is 5.97 Å². The predicted octanol–water partition coefficient (Wildman–Crippen LogP) is 4.60. The standard InChI is InChI=1S/C21H19F5N4O4/c1-19(2,17(31)32)10-33-15-8-7-14(9-27-15)12-3-5-13(6-4-12)16-28-18(30-29-16)34-11-20(22,23)21(24,25)26/h3-9H,10-11H2,1-2H3,(H,31,32)(H,28,29,30). The molecule has 3 aromatic rings. The highest BCUT2D eigenvalue weighted by molar-refractivity contribution is 5.73. The molecule has 3 rings (SSSR count). The molecule has 13 heteroatoms. The molecule has 8 nitrogen and oxygen atoms in total. The smallest absolute Gasteiger partial charge is 0.456 e. The lowest BCUT2D eigenvalue weighted by atomic mass is 9.95. The van der Waals surface area contributed by atoms with Crippen LogP contribution in [0.1, 0.15) is 13.8 Å². The first-order chi connectivity index (χ1) is 15.8. The highest BCUT2D eigenvalue weighted by Crippen LogP contribution is 2.35. The van der Waals surface area contributed by atoms with Crippen LogP contribution in [0.3, 0.4) is 0 Å². The minimum absolute atomic E-state index is 0.0554. The van der Waals surface area contributed by atoms with Crippen molar-refractivity contribution in [2.45, 2.75) is 25.9 Å². The van der Waals surface area contributed by atoms with Gasteiger partial charge in [-0.15, -0.1) is 5.10 Å².